The van der Waals surface area contributed by atoms with E-state index in [0.29, 0.717) is 18.3 Å². The fraction of sp³-hybridized carbons (Fsp3) is 0.133. The van der Waals surface area contributed by atoms with E-state index < -0.39 is 0 Å². The van der Waals surface area contributed by atoms with Gasteiger partial charge in [0.25, 0.3) is 0 Å². The smallest absolute Gasteiger partial charge is 0.219 e. The number of pyridine rings is 2. The minimum atomic E-state index is 0.557. The third kappa shape index (κ3) is 5.31. The molecular weight excluding hydrogens is 434 g/mol. The van der Waals surface area contributed by atoms with E-state index in [1.165, 1.54) is 33.4 Å². The normalized spacial score (nSPS) is 13.1. The van der Waals surface area contributed by atoms with Crippen molar-refractivity contribution in [2.45, 2.75) is 19.8 Å². The third-order valence-electron chi connectivity index (χ3n) is 6.04. The van der Waals surface area contributed by atoms with Crippen molar-refractivity contribution in [3.8, 4) is 23.3 Å². The maximum Gasteiger partial charge on any atom is 0.219 e. The van der Waals surface area contributed by atoms with E-state index in [0.717, 1.165) is 24.3 Å². The topological polar surface area (TPSA) is 70.3 Å². The van der Waals surface area contributed by atoms with Gasteiger partial charge in [0, 0.05) is 31.1 Å². The van der Waals surface area contributed by atoms with E-state index in [-0.39, 0.29) is 0 Å². The van der Waals surface area contributed by atoms with Gasteiger partial charge < -0.3 is 15.2 Å². The molecule has 0 amide bonds. The molecule has 174 valence electrons. The average molecular weight is 462 g/mol. The van der Waals surface area contributed by atoms with Crippen molar-refractivity contribution in [1.82, 2.24) is 9.97 Å². The van der Waals surface area contributed by atoms with Gasteiger partial charge in [-0.1, -0.05) is 48.6 Å². The number of allylic oxidation sites excluding steroid dienone is 3. The number of benzene rings is 2. The first-order chi connectivity index (χ1) is 17.2. The highest BCUT2D eigenvalue weighted by atomic mass is 16.5. The Balaban J connectivity index is 0.000000145. The molecule has 2 N–H and O–H groups in total. The molecule has 2 aliphatic rings. The summed E-state index contributed by atoms with van der Waals surface area (Å²) in [7, 11) is 0. The molecule has 0 saturated carbocycles. The molecule has 2 aromatic heterocycles. The second-order valence-electron chi connectivity index (χ2n) is 8.42. The number of rotatable bonds is 5. The summed E-state index contributed by atoms with van der Waals surface area (Å²) in [5.74, 6) is 2.88. The highest BCUT2D eigenvalue weighted by Gasteiger charge is 2.15. The van der Waals surface area contributed by atoms with Crippen LogP contribution >= 0.6 is 0 Å². The molecule has 0 unspecified atom stereocenters. The number of nitrogens with two attached hydrogens (primary N) is 1. The van der Waals surface area contributed by atoms with Gasteiger partial charge in [0.05, 0.1) is 0 Å². The third-order valence-corrected chi connectivity index (χ3v) is 6.04. The lowest BCUT2D eigenvalue weighted by Gasteiger charge is -2.08. The summed E-state index contributed by atoms with van der Waals surface area (Å²) in [6.45, 7) is 2.68. The number of hydrogen-bond acceptors (Lipinski definition) is 5. The number of fused-ring (bicyclic) bond motifs is 2. The lowest BCUT2D eigenvalue weighted by molar-refractivity contribution is 0.462. The quantitative estimate of drug-likeness (QED) is 0.362. The summed E-state index contributed by atoms with van der Waals surface area (Å²) < 4.78 is 11.4. The largest absolute Gasteiger partial charge is 0.439 e. The van der Waals surface area contributed by atoms with Crippen molar-refractivity contribution in [2.24, 2.45) is 5.73 Å². The zero-order chi connectivity index (χ0) is 24.0. The van der Waals surface area contributed by atoms with Gasteiger partial charge in [0.15, 0.2) is 0 Å². The van der Waals surface area contributed by atoms with Gasteiger partial charge in [0.2, 0.25) is 11.8 Å². The Labute approximate surface area is 205 Å². The molecule has 5 heteroatoms. The predicted molar refractivity (Wildman–Crippen MR) is 140 cm³/mol. The van der Waals surface area contributed by atoms with E-state index >= 15 is 0 Å². The second-order valence-corrected chi connectivity index (χ2v) is 8.42. The molecule has 0 aliphatic heterocycles. The van der Waals surface area contributed by atoms with E-state index in [1.54, 1.807) is 0 Å². The zero-order valence-electron chi connectivity index (χ0n) is 19.6. The highest BCUT2D eigenvalue weighted by Crippen LogP contribution is 2.31. The Kier molecular flexibility index (Phi) is 6.68. The van der Waals surface area contributed by atoms with E-state index in [1.807, 2.05) is 85.2 Å². The van der Waals surface area contributed by atoms with Crippen molar-refractivity contribution in [3.63, 3.8) is 0 Å². The molecule has 4 aromatic rings. The van der Waals surface area contributed by atoms with E-state index in [9.17, 15) is 0 Å². The minimum absolute atomic E-state index is 0.557. The molecule has 2 aliphatic carbocycles. The van der Waals surface area contributed by atoms with Crippen LogP contribution in [0.25, 0.3) is 11.1 Å². The molecule has 2 heterocycles. The van der Waals surface area contributed by atoms with Crippen LogP contribution in [0, 0.1) is 0 Å². The van der Waals surface area contributed by atoms with Crippen LogP contribution in [0.4, 0.5) is 0 Å². The van der Waals surface area contributed by atoms with Crippen LogP contribution in [-0.4, -0.2) is 16.5 Å². The molecule has 0 spiro atoms. The first-order valence-electron chi connectivity index (χ1n) is 11.7. The lowest BCUT2D eigenvalue weighted by Crippen LogP contribution is -2.01. The van der Waals surface area contributed by atoms with Crippen LogP contribution in [-0.2, 0) is 12.8 Å². The van der Waals surface area contributed by atoms with Gasteiger partial charge in [-0.15, -0.1) is 0 Å². The average Bonchev–Trinajstić information content (AvgIpc) is 3.48. The fourth-order valence-corrected chi connectivity index (χ4v) is 4.16. The first-order valence-corrected chi connectivity index (χ1v) is 11.7. The molecule has 0 fully saturated rings. The minimum Gasteiger partial charge on any atom is -0.439 e. The predicted octanol–water partition coefficient (Wildman–Crippen LogP) is 6.61. The van der Waals surface area contributed by atoms with Crippen LogP contribution in [0.15, 0.2) is 97.3 Å². The van der Waals surface area contributed by atoms with Crippen molar-refractivity contribution in [2.75, 3.05) is 6.54 Å². The monoisotopic (exact) mass is 461 g/mol. The molecule has 0 bridgehead atoms. The van der Waals surface area contributed by atoms with Crippen LogP contribution in [0.1, 0.15) is 29.2 Å². The zero-order valence-corrected chi connectivity index (χ0v) is 19.6. The maximum atomic E-state index is 5.72. The van der Waals surface area contributed by atoms with Gasteiger partial charge in [-0.25, -0.2) is 9.97 Å². The van der Waals surface area contributed by atoms with Gasteiger partial charge >= 0.3 is 0 Å². The number of para-hydroxylation sites is 2. The van der Waals surface area contributed by atoms with Crippen LogP contribution in [0.5, 0.6) is 23.3 Å². The van der Waals surface area contributed by atoms with Crippen molar-refractivity contribution >= 4 is 11.1 Å². The summed E-state index contributed by atoms with van der Waals surface area (Å²) in [4.78, 5) is 8.64. The molecule has 2 aromatic carbocycles. The molecule has 0 atom stereocenters. The van der Waals surface area contributed by atoms with Crippen LogP contribution < -0.4 is 15.2 Å². The molecule has 0 radical (unpaired) electrons. The molecule has 0 saturated heterocycles. The number of aromatic nitrogens is 2. The Hall–Kier alpha value is -4.22. The maximum absolute atomic E-state index is 5.72. The summed E-state index contributed by atoms with van der Waals surface area (Å²) in [5.41, 5.74) is 13.1. The van der Waals surface area contributed by atoms with Crippen LogP contribution in [0.3, 0.4) is 0 Å². The van der Waals surface area contributed by atoms with Gasteiger partial charge in [-0.05, 0) is 77.4 Å². The van der Waals surface area contributed by atoms with Gasteiger partial charge in [-0.2, -0.15) is 0 Å². The summed E-state index contributed by atoms with van der Waals surface area (Å²) in [6, 6.07) is 23.4. The number of ether oxygens (including phenoxy) is 2. The van der Waals surface area contributed by atoms with Crippen molar-refractivity contribution < 1.29 is 9.47 Å². The van der Waals surface area contributed by atoms with E-state index in [2.05, 4.69) is 29.0 Å². The number of hydrogen-bond donors (Lipinski definition) is 1. The summed E-state index contributed by atoms with van der Waals surface area (Å²) in [6.07, 6.45) is 10.0. The van der Waals surface area contributed by atoms with E-state index in [4.69, 9.17) is 15.2 Å². The summed E-state index contributed by atoms with van der Waals surface area (Å²) in [5, 5.41) is 0. The van der Waals surface area contributed by atoms with Gasteiger partial charge in [-0.3, -0.25) is 0 Å². The highest BCUT2D eigenvalue weighted by molar-refractivity contribution is 5.74. The Morgan fingerprint density at radius 3 is 1.80 bits per heavy atom. The Morgan fingerprint density at radius 1 is 0.714 bits per heavy atom. The first kappa shape index (κ1) is 22.6. The van der Waals surface area contributed by atoms with Crippen molar-refractivity contribution in [1.29, 1.82) is 0 Å². The molecular formula is C30H27N3O2. The number of nitrogens with zero attached hydrogens (tertiary/aromatic N) is 2. The molecule has 35 heavy (non-hydrogen) atoms. The Morgan fingerprint density at radius 2 is 1.23 bits per heavy atom. The SMILES string of the molecule is CC1=CCc2cnc(Oc3ccccc3)cc21.NCC1=CCc2cnc(Oc3ccccc3)cc21. The second kappa shape index (κ2) is 10.4. The standard InChI is InChI=1S/C15H14N2O.C15H13NO/c16-9-11-6-7-12-10-17-15(8-14(11)12)18-13-4-2-1-3-5-13;1-11-7-8-12-10-16-15(9-14(11)12)17-13-5-3-2-4-6-13/h1-6,8,10H,7,9,16H2;2-7,9-10H,8H2,1H3. The van der Waals surface area contributed by atoms with Crippen LogP contribution in [0.2, 0.25) is 0 Å². The van der Waals surface area contributed by atoms with Crippen molar-refractivity contribution in [3.05, 3.63) is 120 Å². The fourth-order valence-electron chi connectivity index (χ4n) is 4.16. The molecule has 5 nitrogen and oxygen atoms in total. The lowest BCUT2D eigenvalue weighted by atomic mass is 10.1. The Bertz CT molecular complexity index is 1380. The molecule has 6 rings (SSSR count). The van der Waals surface area contributed by atoms with Gasteiger partial charge in [0.1, 0.15) is 11.5 Å². The summed E-state index contributed by atoms with van der Waals surface area (Å²) >= 11 is 0.